The SMILES string of the molecule is COc1ccc2c(c(C(OC)OC)cc[n+]2C)c1[N+](=O)[O-].[I-]. The number of nitro benzene ring substituents is 1. The first-order valence-corrected chi connectivity index (χ1v) is 6.24. The molecule has 0 amide bonds. The van der Waals surface area contributed by atoms with Gasteiger partial charge in [0.2, 0.25) is 5.52 Å². The van der Waals surface area contributed by atoms with E-state index in [9.17, 15) is 10.1 Å². The second-order valence-corrected chi connectivity index (χ2v) is 4.45. The van der Waals surface area contributed by atoms with Crippen LogP contribution in [0.2, 0.25) is 0 Å². The van der Waals surface area contributed by atoms with E-state index in [1.165, 1.54) is 21.3 Å². The van der Waals surface area contributed by atoms with E-state index in [2.05, 4.69) is 0 Å². The summed E-state index contributed by atoms with van der Waals surface area (Å²) >= 11 is 0. The van der Waals surface area contributed by atoms with E-state index in [0.29, 0.717) is 16.5 Å². The van der Waals surface area contributed by atoms with E-state index in [0.717, 1.165) is 0 Å². The average Bonchev–Trinajstić information content (AvgIpc) is 2.49. The van der Waals surface area contributed by atoms with Crippen molar-refractivity contribution in [3.8, 4) is 5.75 Å². The van der Waals surface area contributed by atoms with Crippen molar-refractivity contribution in [1.29, 1.82) is 0 Å². The number of fused-ring (bicyclic) bond motifs is 1. The molecule has 0 N–H and O–H groups in total. The van der Waals surface area contributed by atoms with Gasteiger partial charge in [-0.15, -0.1) is 0 Å². The first kappa shape index (κ1) is 18.5. The van der Waals surface area contributed by atoms with Gasteiger partial charge in [-0.05, 0) is 6.07 Å². The second kappa shape index (κ2) is 7.65. The Kier molecular flexibility index (Phi) is 6.45. The highest BCUT2D eigenvalue weighted by molar-refractivity contribution is 5.92. The molecule has 2 aromatic rings. The number of aryl methyl sites for hydroxylation is 1. The van der Waals surface area contributed by atoms with E-state index in [4.69, 9.17) is 14.2 Å². The van der Waals surface area contributed by atoms with E-state index in [-0.39, 0.29) is 35.4 Å². The zero-order valence-corrected chi connectivity index (χ0v) is 14.9. The van der Waals surface area contributed by atoms with Gasteiger partial charge in [-0.1, -0.05) is 0 Å². The molecule has 0 radical (unpaired) electrons. The number of nitro groups is 1. The topological polar surface area (TPSA) is 74.7 Å². The van der Waals surface area contributed by atoms with Gasteiger partial charge >= 0.3 is 5.69 Å². The molecule has 0 spiro atoms. The predicted molar refractivity (Wildman–Crippen MR) is 75.1 cm³/mol. The Morgan fingerprint density at radius 3 is 2.32 bits per heavy atom. The summed E-state index contributed by atoms with van der Waals surface area (Å²) in [5.41, 5.74) is 1.18. The summed E-state index contributed by atoms with van der Waals surface area (Å²) in [6.45, 7) is 0. The number of aromatic nitrogens is 1. The van der Waals surface area contributed by atoms with Gasteiger partial charge in [-0.2, -0.15) is 0 Å². The van der Waals surface area contributed by atoms with Gasteiger partial charge < -0.3 is 38.2 Å². The Morgan fingerprint density at radius 2 is 1.82 bits per heavy atom. The number of halogens is 1. The van der Waals surface area contributed by atoms with E-state index in [1.54, 1.807) is 29.0 Å². The van der Waals surface area contributed by atoms with Crippen LogP contribution in [0.25, 0.3) is 10.9 Å². The summed E-state index contributed by atoms with van der Waals surface area (Å²) in [7, 11) is 6.19. The van der Waals surface area contributed by atoms with Crippen LogP contribution in [0.15, 0.2) is 24.4 Å². The minimum Gasteiger partial charge on any atom is -1.00 e. The average molecular weight is 420 g/mol. The number of rotatable bonds is 5. The lowest BCUT2D eigenvalue weighted by Gasteiger charge is -2.15. The number of hydrogen-bond donors (Lipinski definition) is 0. The summed E-state index contributed by atoms with van der Waals surface area (Å²) in [5.74, 6) is 0.200. The molecule has 1 heterocycles. The van der Waals surface area contributed by atoms with Crippen LogP contribution < -0.4 is 33.3 Å². The largest absolute Gasteiger partial charge is 1.00 e. The first-order valence-electron chi connectivity index (χ1n) is 6.24. The maximum Gasteiger partial charge on any atom is 0.325 e. The summed E-state index contributed by atoms with van der Waals surface area (Å²) in [6.07, 6.45) is 1.11. The lowest BCUT2D eigenvalue weighted by Crippen LogP contribution is -3.00. The Hall–Kier alpha value is -1.52. The molecule has 0 saturated carbocycles. The molecule has 0 bridgehead atoms. The molecule has 0 fully saturated rings. The third kappa shape index (κ3) is 3.13. The van der Waals surface area contributed by atoms with Crippen LogP contribution in [0.4, 0.5) is 5.69 Å². The zero-order valence-electron chi connectivity index (χ0n) is 12.7. The maximum atomic E-state index is 11.5. The van der Waals surface area contributed by atoms with Crippen LogP contribution in [0.3, 0.4) is 0 Å². The molecular weight excluding hydrogens is 403 g/mol. The summed E-state index contributed by atoms with van der Waals surface area (Å²) in [4.78, 5) is 11.0. The molecule has 1 aromatic carbocycles. The Morgan fingerprint density at radius 1 is 1.18 bits per heavy atom. The number of hydrogen-bond acceptors (Lipinski definition) is 5. The van der Waals surface area contributed by atoms with Crippen molar-refractivity contribution in [3.05, 3.63) is 40.1 Å². The van der Waals surface area contributed by atoms with Crippen LogP contribution in [0, 0.1) is 10.1 Å². The molecule has 22 heavy (non-hydrogen) atoms. The predicted octanol–water partition coefficient (Wildman–Crippen LogP) is -1.12. The molecule has 2 rings (SSSR count). The van der Waals surface area contributed by atoms with Crippen molar-refractivity contribution in [3.63, 3.8) is 0 Å². The van der Waals surface area contributed by atoms with Crippen LogP contribution in [0.5, 0.6) is 5.75 Å². The Labute approximate surface area is 145 Å². The van der Waals surface area contributed by atoms with Crippen molar-refractivity contribution in [1.82, 2.24) is 0 Å². The Balaban J connectivity index is 0.00000242. The van der Waals surface area contributed by atoms with Crippen molar-refractivity contribution in [2.45, 2.75) is 6.29 Å². The molecule has 7 nitrogen and oxygen atoms in total. The molecule has 0 aliphatic heterocycles. The molecule has 120 valence electrons. The molecule has 0 aliphatic rings. The Bertz CT molecular complexity index is 688. The minimum atomic E-state index is -0.695. The first-order chi connectivity index (χ1) is 10.0. The van der Waals surface area contributed by atoms with Crippen molar-refractivity contribution >= 4 is 16.6 Å². The smallest absolute Gasteiger partial charge is 0.325 e. The van der Waals surface area contributed by atoms with Gasteiger partial charge in [-0.3, -0.25) is 10.1 Å². The molecule has 0 unspecified atom stereocenters. The molecule has 1 aromatic heterocycles. The van der Waals surface area contributed by atoms with Crippen LogP contribution in [-0.4, -0.2) is 26.3 Å². The zero-order chi connectivity index (χ0) is 15.6. The molecule has 0 aliphatic carbocycles. The van der Waals surface area contributed by atoms with E-state index in [1.807, 2.05) is 7.05 Å². The standard InChI is InChI=1S/C14H17N2O5.HI/c1-15-8-7-9(14(20-3)21-4)12-10(15)5-6-11(19-2)13(12)16(17)18;/h5-8,14H,1-4H3;1H/q+1;/p-1. The van der Waals surface area contributed by atoms with E-state index >= 15 is 0 Å². The third-order valence-electron chi connectivity index (χ3n) is 3.35. The van der Waals surface area contributed by atoms with Crippen molar-refractivity contribution in [2.75, 3.05) is 21.3 Å². The van der Waals surface area contributed by atoms with Crippen LogP contribution in [-0.2, 0) is 16.5 Å². The number of nitrogens with zero attached hydrogens (tertiary/aromatic N) is 2. The number of ether oxygens (including phenoxy) is 3. The normalized spacial score (nSPS) is 10.6. The fourth-order valence-electron chi connectivity index (χ4n) is 2.39. The lowest BCUT2D eigenvalue weighted by atomic mass is 10.1. The van der Waals surface area contributed by atoms with Crippen LogP contribution >= 0.6 is 0 Å². The van der Waals surface area contributed by atoms with E-state index < -0.39 is 11.2 Å². The molecular formula is C14H17IN2O5. The van der Waals surface area contributed by atoms with Gasteiger partial charge in [-0.25, -0.2) is 4.57 Å². The fourth-order valence-corrected chi connectivity index (χ4v) is 2.39. The fraction of sp³-hybridized carbons (Fsp3) is 0.357. The minimum absolute atomic E-state index is 0. The molecule has 0 saturated heterocycles. The summed E-state index contributed by atoms with van der Waals surface area (Å²) in [6, 6.07) is 5.10. The van der Waals surface area contributed by atoms with Gasteiger partial charge in [0.05, 0.1) is 12.0 Å². The highest BCUT2D eigenvalue weighted by Gasteiger charge is 2.29. The molecule has 8 heteroatoms. The number of methoxy groups -OCH3 is 3. The highest BCUT2D eigenvalue weighted by Crippen LogP contribution is 2.38. The lowest BCUT2D eigenvalue weighted by molar-refractivity contribution is -0.645. The van der Waals surface area contributed by atoms with Gasteiger partial charge in [0.25, 0.3) is 0 Å². The quantitative estimate of drug-likeness (QED) is 0.202. The summed E-state index contributed by atoms with van der Waals surface area (Å²) in [5, 5.41) is 11.9. The van der Waals surface area contributed by atoms with Gasteiger partial charge in [0, 0.05) is 31.9 Å². The van der Waals surface area contributed by atoms with Gasteiger partial charge in [0.15, 0.2) is 18.2 Å². The highest BCUT2D eigenvalue weighted by atomic mass is 127. The van der Waals surface area contributed by atoms with Crippen LogP contribution in [0.1, 0.15) is 11.9 Å². The van der Waals surface area contributed by atoms with Gasteiger partial charge in [0.1, 0.15) is 12.4 Å². The summed E-state index contributed by atoms with van der Waals surface area (Å²) < 4.78 is 17.4. The third-order valence-corrected chi connectivity index (χ3v) is 3.35. The second-order valence-electron chi connectivity index (χ2n) is 4.45. The maximum absolute atomic E-state index is 11.5. The number of benzene rings is 1. The number of pyridine rings is 1. The monoisotopic (exact) mass is 420 g/mol. The van der Waals surface area contributed by atoms with Crippen molar-refractivity contribution in [2.24, 2.45) is 7.05 Å². The molecule has 0 atom stereocenters. The van der Waals surface area contributed by atoms with Crippen molar-refractivity contribution < 1.29 is 47.7 Å².